The van der Waals surface area contributed by atoms with Crippen LogP contribution in [0.2, 0.25) is 0 Å². The number of hydrogen-bond acceptors (Lipinski definition) is 3. The van der Waals surface area contributed by atoms with E-state index in [1.165, 1.54) is 6.07 Å². The summed E-state index contributed by atoms with van der Waals surface area (Å²) in [4.78, 5) is 1.91. The fraction of sp³-hybridized carbons (Fsp3) is 0.538. The van der Waals surface area contributed by atoms with Gasteiger partial charge in [0.15, 0.2) is 0 Å². The third-order valence-electron chi connectivity index (χ3n) is 3.31. The molecule has 3 nitrogen and oxygen atoms in total. The van der Waals surface area contributed by atoms with Crippen molar-refractivity contribution in [1.82, 2.24) is 0 Å². The van der Waals surface area contributed by atoms with Crippen LogP contribution in [-0.4, -0.2) is 32.8 Å². The summed E-state index contributed by atoms with van der Waals surface area (Å²) in [5.41, 5.74) is 6.66. The van der Waals surface area contributed by atoms with Gasteiger partial charge in [-0.1, -0.05) is 12.1 Å². The molecule has 0 spiro atoms. The van der Waals surface area contributed by atoms with Gasteiger partial charge in [0.2, 0.25) is 0 Å². The molecule has 0 aromatic heterocycles. The molecule has 0 radical (unpaired) electrons. The van der Waals surface area contributed by atoms with E-state index in [0.717, 1.165) is 19.6 Å². The van der Waals surface area contributed by atoms with Crippen molar-refractivity contribution in [3.8, 4) is 0 Å². The van der Waals surface area contributed by atoms with Gasteiger partial charge in [0.1, 0.15) is 5.82 Å². The Kier molecular flexibility index (Phi) is 3.97. The molecule has 1 aliphatic rings. The van der Waals surface area contributed by atoms with Gasteiger partial charge in [0, 0.05) is 32.2 Å². The molecular weight excluding hydrogens is 219 g/mol. The van der Waals surface area contributed by atoms with E-state index in [2.05, 4.69) is 0 Å². The van der Waals surface area contributed by atoms with Crippen LogP contribution in [0.5, 0.6) is 0 Å². The third-order valence-corrected chi connectivity index (χ3v) is 3.31. The summed E-state index contributed by atoms with van der Waals surface area (Å²) in [7, 11) is 1.89. The molecule has 1 fully saturated rings. The summed E-state index contributed by atoms with van der Waals surface area (Å²) in [6.45, 7) is 2.13. The van der Waals surface area contributed by atoms with Crippen LogP contribution in [-0.2, 0) is 4.74 Å². The second kappa shape index (κ2) is 5.47. The first-order valence-electron chi connectivity index (χ1n) is 5.97. The van der Waals surface area contributed by atoms with Crippen molar-refractivity contribution in [2.24, 2.45) is 11.7 Å². The van der Waals surface area contributed by atoms with Gasteiger partial charge in [-0.25, -0.2) is 4.39 Å². The molecule has 2 unspecified atom stereocenters. The summed E-state index contributed by atoms with van der Waals surface area (Å²) in [5, 5.41) is 0. The second-order valence-corrected chi connectivity index (χ2v) is 4.62. The normalized spacial score (nSPS) is 24.6. The van der Waals surface area contributed by atoms with E-state index < -0.39 is 0 Å². The fourth-order valence-corrected chi connectivity index (χ4v) is 2.21. The summed E-state index contributed by atoms with van der Waals surface area (Å²) in [6, 6.07) is 6.94. The van der Waals surface area contributed by atoms with Crippen LogP contribution in [0.15, 0.2) is 24.3 Å². The average molecular weight is 238 g/mol. The first kappa shape index (κ1) is 12.3. The van der Waals surface area contributed by atoms with Crippen molar-refractivity contribution in [1.29, 1.82) is 0 Å². The topological polar surface area (TPSA) is 38.5 Å². The Morgan fingerprint density at radius 1 is 1.47 bits per heavy atom. The van der Waals surface area contributed by atoms with E-state index in [4.69, 9.17) is 10.5 Å². The predicted octanol–water partition coefficient (Wildman–Crippen LogP) is 1.63. The van der Waals surface area contributed by atoms with E-state index in [-0.39, 0.29) is 17.8 Å². The van der Waals surface area contributed by atoms with E-state index in [0.29, 0.717) is 12.3 Å². The maximum atomic E-state index is 13.6. The quantitative estimate of drug-likeness (QED) is 0.869. The van der Waals surface area contributed by atoms with Gasteiger partial charge in [-0.2, -0.15) is 0 Å². The van der Waals surface area contributed by atoms with Crippen molar-refractivity contribution in [2.45, 2.75) is 12.5 Å². The van der Waals surface area contributed by atoms with E-state index >= 15 is 0 Å². The molecule has 94 valence electrons. The van der Waals surface area contributed by atoms with Crippen LogP contribution in [0.25, 0.3) is 0 Å². The number of halogens is 1. The number of ether oxygens (including phenoxy) is 1. The van der Waals surface area contributed by atoms with Crippen LogP contribution >= 0.6 is 0 Å². The predicted molar refractivity (Wildman–Crippen MR) is 66.6 cm³/mol. The molecule has 1 aliphatic heterocycles. The highest BCUT2D eigenvalue weighted by molar-refractivity contribution is 5.46. The Hall–Kier alpha value is -1.13. The largest absolute Gasteiger partial charge is 0.381 e. The third kappa shape index (κ3) is 2.96. The number of benzene rings is 1. The van der Waals surface area contributed by atoms with Crippen molar-refractivity contribution in [2.75, 3.05) is 31.7 Å². The molecule has 4 heteroatoms. The maximum Gasteiger partial charge on any atom is 0.146 e. The number of hydrogen-bond donors (Lipinski definition) is 1. The SMILES string of the molecule is CN(CC1COCCC1N)c1ccccc1F. The van der Waals surface area contributed by atoms with Crippen molar-refractivity contribution in [3.63, 3.8) is 0 Å². The van der Waals surface area contributed by atoms with E-state index in [1.54, 1.807) is 12.1 Å². The Morgan fingerprint density at radius 3 is 2.94 bits per heavy atom. The van der Waals surface area contributed by atoms with E-state index in [9.17, 15) is 4.39 Å². The lowest BCUT2D eigenvalue weighted by atomic mass is 9.96. The van der Waals surface area contributed by atoms with Crippen LogP contribution < -0.4 is 10.6 Å². The second-order valence-electron chi connectivity index (χ2n) is 4.62. The van der Waals surface area contributed by atoms with Crippen LogP contribution in [0, 0.1) is 11.7 Å². The summed E-state index contributed by atoms with van der Waals surface area (Å²) < 4.78 is 19.0. The van der Waals surface area contributed by atoms with Gasteiger partial charge < -0.3 is 15.4 Å². The zero-order valence-corrected chi connectivity index (χ0v) is 10.1. The molecule has 0 amide bonds. The smallest absolute Gasteiger partial charge is 0.146 e. The number of rotatable bonds is 3. The lowest BCUT2D eigenvalue weighted by Crippen LogP contribution is -2.44. The Morgan fingerprint density at radius 2 is 2.24 bits per heavy atom. The monoisotopic (exact) mass is 238 g/mol. The van der Waals surface area contributed by atoms with Crippen LogP contribution in [0.3, 0.4) is 0 Å². The van der Waals surface area contributed by atoms with Gasteiger partial charge in [-0.15, -0.1) is 0 Å². The van der Waals surface area contributed by atoms with Gasteiger partial charge in [0.05, 0.1) is 12.3 Å². The molecule has 1 heterocycles. The van der Waals surface area contributed by atoms with Crippen molar-refractivity contribution in [3.05, 3.63) is 30.1 Å². The van der Waals surface area contributed by atoms with Crippen molar-refractivity contribution < 1.29 is 9.13 Å². The zero-order valence-electron chi connectivity index (χ0n) is 10.1. The van der Waals surface area contributed by atoms with Gasteiger partial charge in [0.25, 0.3) is 0 Å². The summed E-state index contributed by atoms with van der Waals surface area (Å²) in [6.07, 6.45) is 0.885. The van der Waals surface area contributed by atoms with Gasteiger partial charge >= 0.3 is 0 Å². The molecular formula is C13H19FN2O. The number of nitrogens with two attached hydrogens (primary N) is 1. The molecule has 2 N–H and O–H groups in total. The minimum Gasteiger partial charge on any atom is -0.381 e. The molecule has 0 saturated carbocycles. The van der Waals surface area contributed by atoms with Crippen LogP contribution in [0.1, 0.15) is 6.42 Å². The van der Waals surface area contributed by atoms with Crippen molar-refractivity contribution >= 4 is 5.69 Å². The average Bonchev–Trinajstić information content (AvgIpc) is 2.32. The first-order chi connectivity index (χ1) is 8.18. The highest BCUT2D eigenvalue weighted by atomic mass is 19.1. The molecule has 2 rings (SSSR count). The first-order valence-corrected chi connectivity index (χ1v) is 5.97. The minimum atomic E-state index is -0.194. The molecule has 1 aromatic carbocycles. The van der Waals surface area contributed by atoms with Gasteiger partial charge in [-0.05, 0) is 18.6 Å². The maximum absolute atomic E-state index is 13.6. The highest BCUT2D eigenvalue weighted by Crippen LogP contribution is 2.21. The minimum absolute atomic E-state index is 0.151. The molecule has 17 heavy (non-hydrogen) atoms. The number of nitrogens with zero attached hydrogens (tertiary/aromatic N) is 1. The Balaban J connectivity index is 2.01. The number of para-hydroxylation sites is 1. The Bertz CT molecular complexity index is 372. The molecule has 2 atom stereocenters. The highest BCUT2D eigenvalue weighted by Gasteiger charge is 2.24. The molecule has 0 bridgehead atoms. The van der Waals surface area contributed by atoms with Gasteiger partial charge in [-0.3, -0.25) is 0 Å². The summed E-state index contributed by atoms with van der Waals surface area (Å²) >= 11 is 0. The fourth-order valence-electron chi connectivity index (χ4n) is 2.21. The standard InChI is InChI=1S/C13H19FN2O/c1-16(13-5-3-2-4-11(13)14)8-10-9-17-7-6-12(10)15/h2-5,10,12H,6-9,15H2,1H3. The molecule has 1 aromatic rings. The molecule has 1 saturated heterocycles. The van der Waals surface area contributed by atoms with E-state index in [1.807, 2.05) is 18.0 Å². The number of anilines is 1. The Labute approximate surface area is 101 Å². The zero-order chi connectivity index (χ0) is 12.3. The lowest BCUT2D eigenvalue weighted by molar-refractivity contribution is 0.0450. The summed E-state index contributed by atoms with van der Waals surface area (Å²) in [5.74, 6) is 0.0775. The molecule has 0 aliphatic carbocycles. The van der Waals surface area contributed by atoms with Crippen LogP contribution in [0.4, 0.5) is 10.1 Å². The lowest BCUT2D eigenvalue weighted by Gasteiger charge is -2.32.